The average molecular weight is 428 g/mol. The van der Waals surface area contributed by atoms with Gasteiger partial charge in [-0.2, -0.15) is 0 Å². The van der Waals surface area contributed by atoms with E-state index in [0.717, 1.165) is 5.56 Å². The van der Waals surface area contributed by atoms with Gasteiger partial charge in [-0.3, -0.25) is 0 Å². The molecule has 0 bridgehead atoms. The van der Waals surface area contributed by atoms with Crippen molar-refractivity contribution >= 4 is 0 Å². The Morgan fingerprint density at radius 1 is 0.833 bits per heavy atom. The highest BCUT2D eigenvalue weighted by atomic mass is 16.7. The molecular weight excluding hydrogens is 400 g/mol. The minimum Gasteiger partial charge on any atom is -0.462 e. The Morgan fingerprint density at radius 3 is 2.03 bits per heavy atom. The second-order valence-electron chi connectivity index (χ2n) is 7.31. The van der Waals surface area contributed by atoms with Crippen molar-refractivity contribution in [3.63, 3.8) is 0 Å². The predicted molar refractivity (Wildman–Crippen MR) is 101 cm³/mol. The van der Waals surface area contributed by atoms with Gasteiger partial charge in [-0.05, 0) is 24.1 Å². The molecule has 0 aromatic heterocycles. The van der Waals surface area contributed by atoms with Gasteiger partial charge in [0.1, 0.15) is 48.5 Å². The standard InChI is InChI=1S/C20H28O10/c1-2-3-10-4-6-11(7-5-10)28-20-18(26)16(24)15(23)13(30-20)9-27-19-17(25)14(22)12(8-21)29-19/h2,4-7,12-26H,1,3,8-9H2/t12-,13-,14-,15-,16+,17+,18-,19+,20-/m1/s1. The summed E-state index contributed by atoms with van der Waals surface area (Å²) in [5.74, 6) is 0.388. The van der Waals surface area contributed by atoms with Crippen LogP contribution in [0.2, 0.25) is 0 Å². The molecule has 0 radical (unpaired) electrons. The number of aliphatic hydroxyl groups is 6. The minimum atomic E-state index is -1.57. The molecule has 2 fully saturated rings. The highest BCUT2D eigenvalue weighted by molar-refractivity contribution is 5.28. The zero-order valence-electron chi connectivity index (χ0n) is 16.2. The molecule has 0 saturated carbocycles. The van der Waals surface area contributed by atoms with Gasteiger partial charge < -0.3 is 49.6 Å². The molecule has 3 rings (SSSR count). The first-order chi connectivity index (χ1) is 14.3. The predicted octanol–water partition coefficient (Wildman–Crippen LogP) is -1.94. The molecule has 1 aromatic carbocycles. The molecule has 10 nitrogen and oxygen atoms in total. The maximum atomic E-state index is 10.2. The molecule has 2 saturated heterocycles. The van der Waals surface area contributed by atoms with Crippen LogP contribution in [0.15, 0.2) is 36.9 Å². The summed E-state index contributed by atoms with van der Waals surface area (Å²) in [6.07, 6.45) is -9.52. The van der Waals surface area contributed by atoms with Gasteiger partial charge in [0.05, 0.1) is 13.2 Å². The lowest BCUT2D eigenvalue weighted by Crippen LogP contribution is -2.60. The number of rotatable bonds is 8. The van der Waals surface area contributed by atoms with Gasteiger partial charge in [-0.25, -0.2) is 0 Å². The van der Waals surface area contributed by atoms with Gasteiger partial charge in [-0.15, -0.1) is 6.58 Å². The highest BCUT2D eigenvalue weighted by Gasteiger charge is 2.47. The first kappa shape index (κ1) is 23.1. The van der Waals surface area contributed by atoms with Gasteiger partial charge in [-0.1, -0.05) is 18.2 Å². The van der Waals surface area contributed by atoms with E-state index in [4.69, 9.17) is 24.1 Å². The lowest BCUT2D eigenvalue weighted by molar-refractivity contribution is -0.290. The van der Waals surface area contributed by atoms with Gasteiger partial charge in [0, 0.05) is 0 Å². The zero-order chi connectivity index (χ0) is 21.8. The van der Waals surface area contributed by atoms with Crippen LogP contribution in [-0.4, -0.2) is 99.2 Å². The Bertz CT molecular complexity index is 683. The minimum absolute atomic E-state index is 0.338. The Labute approximate surface area is 173 Å². The molecule has 0 aliphatic carbocycles. The van der Waals surface area contributed by atoms with E-state index in [1.165, 1.54) is 0 Å². The van der Waals surface area contributed by atoms with Gasteiger partial charge in [0.2, 0.25) is 6.29 Å². The van der Waals surface area contributed by atoms with E-state index < -0.39 is 61.9 Å². The number of hydrogen-bond acceptors (Lipinski definition) is 10. The number of benzene rings is 1. The van der Waals surface area contributed by atoms with Crippen LogP contribution in [0.1, 0.15) is 5.56 Å². The second-order valence-corrected chi connectivity index (χ2v) is 7.31. The molecule has 0 amide bonds. The highest BCUT2D eigenvalue weighted by Crippen LogP contribution is 2.27. The molecule has 168 valence electrons. The van der Waals surface area contributed by atoms with Crippen LogP contribution >= 0.6 is 0 Å². The van der Waals surface area contributed by atoms with Gasteiger partial charge >= 0.3 is 0 Å². The third kappa shape index (κ3) is 4.99. The molecule has 2 aliphatic rings. The Kier molecular flexibility index (Phi) is 7.80. The van der Waals surface area contributed by atoms with Crippen molar-refractivity contribution < 1.29 is 49.6 Å². The number of allylic oxidation sites excluding steroid dienone is 1. The maximum Gasteiger partial charge on any atom is 0.229 e. The fourth-order valence-electron chi connectivity index (χ4n) is 3.35. The molecule has 0 unspecified atom stereocenters. The average Bonchev–Trinajstić information content (AvgIpc) is 3.02. The maximum absolute atomic E-state index is 10.2. The van der Waals surface area contributed by atoms with Gasteiger partial charge in [0.25, 0.3) is 0 Å². The van der Waals surface area contributed by atoms with Crippen LogP contribution in [0.25, 0.3) is 0 Å². The van der Waals surface area contributed by atoms with Crippen LogP contribution in [-0.2, 0) is 20.6 Å². The lowest BCUT2D eigenvalue weighted by atomic mass is 9.99. The fraction of sp³-hybridized carbons (Fsp3) is 0.600. The normalized spacial score (nSPS) is 39.1. The number of aliphatic hydroxyl groups excluding tert-OH is 6. The Morgan fingerprint density at radius 2 is 1.43 bits per heavy atom. The summed E-state index contributed by atoms with van der Waals surface area (Å²) in [6.45, 7) is 2.83. The summed E-state index contributed by atoms with van der Waals surface area (Å²) in [6, 6.07) is 6.99. The van der Waals surface area contributed by atoms with Crippen molar-refractivity contribution in [2.45, 2.75) is 61.7 Å². The smallest absolute Gasteiger partial charge is 0.229 e. The molecule has 1 aromatic rings. The van der Waals surface area contributed by atoms with E-state index in [1.807, 2.05) is 12.1 Å². The molecule has 30 heavy (non-hydrogen) atoms. The van der Waals surface area contributed by atoms with Crippen LogP contribution in [0.5, 0.6) is 5.75 Å². The summed E-state index contributed by atoms with van der Waals surface area (Å²) in [5.41, 5.74) is 1.02. The summed E-state index contributed by atoms with van der Waals surface area (Å²) in [5, 5.41) is 59.4. The fourth-order valence-corrected chi connectivity index (χ4v) is 3.35. The van der Waals surface area contributed by atoms with Crippen LogP contribution < -0.4 is 4.74 Å². The first-order valence-corrected chi connectivity index (χ1v) is 9.66. The van der Waals surface area contributed by atoms with Gasteiger partial charge in [0.15, 0.2) is 6.29 Å². The molecular formula is C20H28O10. The van der Waals surface area contributed by atoms with Crippen molar-refractivity contribution in [1.29, 1.82) is 0 Å². The molecule has 6 N–H and O–H groups in total. The quantitative estimate of drug-likeness (QED) is 0.257. The van der Waals surface area contributed by atoms with E-state index in [9.17, 15) is 25.5 Å². The second kappa shape index (κ2) is 10.1. The van der Waals surface area contributed by atoms with E-state index in [2.05, 4.69) is 6.58 Å². The monoisotopic (exact) mass is 428 g/mol. The summed E-state index contributed by atoms with van der Waals surface area (Å²) >= 11 is 0. The van der Waals surface area contributed by atoms with Crippen LogP contribution in [0, 0.1) is 0 Å². The lowest BCUT2D eigenvalue weighted by Gasteiger charge is -2.40. The SMILES string of the molecule is C=CCc1ccc(O[C@@H]2O[C@H](CO[C@H]3O[C@H](CO)[C@@H](O)[C@@H]3O)[C@@H](O)[C@H](O)[C@H]2O)cc1. The largest absolute Gasteiger partial charge is 0.462 e. The first-order valence-electron chi connectivity index (χ1n) is 9.66. The Hall–Kier alpha value is -1.60. The number of hydrogen-bond donors (Lipinski definition) is 6. The molecule has 9 atom stereocenters. The van der Waals surface area contributed by atoms with Crippen molar-refractivity contribution in [3.8, 4) is 5.75 Å². The third-order valence-electron chi connectivity index (χ3n) is 5.15. The van der Waals surface area contributed by atoms with Crippen molar-refractivity contribution in [3.05, 3.63) is 42.5 Å². The molecule has 2 aliphatic heterocycles. The van der Waals surface area contributed by atoms with E-state index in [0.29, 0.717) is 12.2 Å². The van der Waals surface area contributed by atoms with E-state index in [1.54, 1.807) is 18.2 Å². The molecule has 2 heterocycles. The summed E-state index contributed by atoms with van der Waals surface area (Å²) in [7, 11) is 0. The Balaban J connectivity index is 1.60. The molecule has 10 heteroatoms. The van der Waals surface area contributed by atoms with E-state index >= 15 is 0 Å². The van der Waals surface area contributed by atoms with Crippen LogP contribution in [0.4, 0.5) is 0 Å². The van der Waals surface area contributed by atoms with E-state index in [-0.39, 0.29) is 6.61 Å². The van der Waals surface area contributed by atoms with Crippen molar-refractivity contribution in [2.75, 3.05) is 13.2 Å². The van der Waals surface area contributed by atoms with Crippen molar-refractivity contribution in [2.24, 2.45) is 0 Å². The summed E-state index contributed by atoms with van der Waals surface area (Å²) in [4.78, 5) is 0. The topological polar surface area (TPSA) is 158 Å². The molecule has 0 spiro atoms. The zero-order valence-corrected chi connectivity index (χ0v) is 16.2. The van der Waals surface area contributed by atoms with Crippen molar-refractivity contribution in [1.82, 2.24) is 0 Å². The van der Waals surface area contributed by atoms with Crippen LogP contribution in [0.3, 0.4) is 0 Å². The summed E-state index contributed by atoms with van der Waals surface area (Å²) < 4.78 is 21.8. The number of ether oxygens (including phenoxy) is 4. The third-order valence-corrected chi connectivity index (χ3v) is 5.15.